The summed E-state index contributed by atoms with van der Waals surface area (Å²) in [4.78, 5) is 8.82. The van der Waals surface area contributed by atoms with Crippen LogP contribution < -0.4 is 5.73 Å². The van der Waals surface area contributed by atoms with Gasteiger partial charge >= 0.3 is 0 Å². The van der Waals surface area contributed by atoms with E-state index in [0.29, 0.717) is 12.6 Å². The first-order valence-electron chi connectivity index (χ1n) is 7.04. The van der Waals surface area contributed by atoms with Gasteiger partial charge < -0.3 is 15.2 Å². The molecule has 2 N–H and O–H groups in total. The van der Waals surface area contributed by atoms with Gasteiger partial charge in [0.2, 0.25) is 0 Å². The number of aromatic nitrogens is 2. The first kappa shape index (κ1) is 16.1. The van der Waals surface area contributed by atoms with Crippen LogP contribution in [-0.2, 0) is 0 Å². The minimum absolute atomic E-state index is 0.243. The van der Waals surface area contributed by atoms with Gasteiger partial charge in [0.05, 0.1) is 18.1 Å². The fourth-order valence-electron chi connectivity index (χ4n) is 2.32. The van der Waals surface area contributed by atoms with Crippen LogP contribution in [0.5, 0.6) is 0 Å². The molecule has 0 amide bonds. The van der Waals surface area contributed by atoms with E-state index >= 15 is 0 Å². The molecule has 0 aliphatic carbocycles. The van der Waals surface area contributed by atoms with Crippen LogP contribution in [0.1, 0.15) is 38.0 Å². The van der Waals surface area contributed by atoms with Crippen LogP contribution in [0.25, 0.3) is 0 Å². The van der Waals surface area contributed by atoms with Gasteiger partial charge in [-0.3, -0.25) is 4.90 Å². The predicted molar refractivity (Wildman–Crippen MR) is 80.2 cm³/mol. The van der Waals surface area contributed by atoms with Crippen LogP contribution in [0.2, 0.25) is 0 Å². The molecule has 110 valence electrons. The number of imidazole rings is 1. The SMILES string of the molecule is CC(C)n1cncc1C(CN)N(C)CCCN(C)C. The molecule has 1 unspecified atom stereocenters. The van der Waals surface area contributed by atoms with Gasteiger partial charge in [-0.1, -0.05) is 0 Å². The zero-order chi connectivity index (χ0) is 14.4. The summed E-state index contributed by atoms with van der Waals surface area (Å²) in [6.07, 6.45) is 4.99. The van der Waals surface area contributed by atoms with E-state index in [4.69, 9.17) is 5.73 Å². The van der Waals surface area contributed by atoms with Gasteiger partial charge in [0, 0.05) is 18.8 Å². The molecule has 0 saturated carbocycles. The number of likely N-dealkylation sites (N-methyl/N-ethyl adjacent to an activating group) is 1. The monoisotopic (exact) mass is 267 g/mol. The van der Waals surface area contributed by atoms with E-state index in [1.54, 1.807) is 0 Å². The van der Waals surface area contributed by atoms with Crippen molar-refractivity contribution in [3.8, 4) is 0 Å². The Bertz CT molecular complexity index is 358. The quantitative estimate of drug-likeness (QED) is 0.772. The largest absolute Gasteiger partial charge is 0.331 e. The molecule has 1 aromatic rings. The van der Waals surface area contributed by atoms with Crippen molar-refractivity contribution in [3.63, 3.8) is 0 Å². The summed E-state index contributed by atoms with van der Waals surface area (Å²) < 4.78 is 2.21. The van der Waals surface area contributed by atoms with Crippen LogP contribution >= 0.6 is 0 Å². The minimum atomic E-state index is 0.243. The molecule has 0 aromatic carbocycles. The Hall–Kier alpha value is -0.910. The van der Waals surface area contributed by atoms with E-state index in [1.165, 1.54) is 5.69 Å². The number of hydrogen-bond acceptors (Lipinski definition) is 4. The molecule has 19 heavy (non-hydrogen) atoms. The fraction of sp³-hybridized carbons (Fsp3) is 0.786. The Morgan fingerprint density at radius 2 is 1.95 bits per heavy atom. The topological polar surface area (TPSA) is 50.3 Å². The van der Waals surface area contributed by atoms with E-state index in [1.807, 2.05) is 12.5 Å². The fourth-order valence-corrected chi connectivity index (χ4v) is 2.32. The number of hydrogen-bond donors (Lipinski definition) is 1. The first-order chi connectivity index (χ1) is 8.97. The highest BCUT2D eigenvalue weighted by atomic mass is 15.2. The van der Waals surface area contributed by atoms with Crippen LogP contribution in [0.3, 0.4) is 0 Å². The summed E-state index contributed by atoms with van der Waals surface area (Å²) in [6, 6.07) is 0.661. The molecule has 0 saturated heterocycles. The lowest BCUT2D eigenvalue weighted by Gasteiger charge is -2.29. The van der Waals surface area contributed by atoms with Gasteiger partial charge in [0.15, 0.2) is 0 Å². The summed E-state index contributed by atoms with van der Waals surface area (Å²) in [6.45, 7) is 7.11. The molecule has 1 heterocycles. The Labute approximate surface area is 117 Å². The number of nitrogens with two attached hydrogens (primary N) is 1. The third-order valence-corrected chi connectivity index (χ3v) is 3.47. The van der Waals surface area contributed by atoms with Crippen molar-refractivity contribution in [2.75, 3.05) is 40.8 Å². The lowest BCUT2D eigenvalue weighted by Crippen LogP contribution is -2.34. The lowest BCUT2D eigenvalue weighted by atomic mass is 10.1. The van der Waals surface area contributed by atoms with Gasteiger partial charge in [-0.15, -0.1) is 0 Å². The summed E-state index contributed by atoms with van der Waals surface area (Å²) in [5.74, 6) is 0. The minimum Gasteiger partial charge on any atom is -0.331 e. The molecule has 1 rings (SSSR count). The maximum absolute atomic E-state index is 5.97. The third kappa shape index (κ3) is 4.60. The summed E-state index contributed by atoms with van der Waals surface area (Å²) in [7, 11) is 6.35. The molecule has 5 heteroatoms. The van der Waals surface area contributed by atoms with Gasteiger partial charge in [0.25, 0.3) is 0 Å². The highest BCUT2D eigenvalue weighted by molar-refractivity contribution is 5.07. The molecule has 5 nitrogen and oxygen atoms in total. The normalized spacial score (nSPS) is 13.7. The van der Waals surface area contributed by atoms with Gasteiger partial charge in [-0.05, 0) is 54.5 Å². The highest BCUT2D eigenvalue weighted by Gasteiger charge is 2.20. The number of rotatable bonds is 8. The zero-order valence-electron chi connectivity index (χ0n) is 13.0. The third-order valence-electron chi connectivity index (χ3n) is 3.47. The van der Waals surface area contributed by atoms with Crippen LogP contribution in [-0.4, -0.2) is 60.1 Å². The van der Waals surface area contributed by atoms with Crippen molar-refractivity contribution in [1.29, 1.82) is 0 Å². The Balaban J connectivity index is 2.68. The second-order valence-electron chi connectivity index (χ2n) is 5.71. The Kier molecular flexibility index (Phi) is 6.48. The van der Waals surface area contributed by atoms with Crippen molar-refractivity contribution >= 4 is 0 Å². The predicted octanol–water partition coefficient (Wildman–Crippen LogP) is 1.35. The molecule has 0 bridgehead atoms. The molecule has 0 radical (unpaired) electrons. The second-order valence-corrected chi connectivity index (χ2v) is 5.71. The molecule has 1 aromatic heterocycles. The molecular weight excluding hydrogens is 238 g/mol. The molecular formula is C14H29N5. The van der Waals surface area contributed by atoms with Crippen LogP contribution in [0, 0.1) is 0 Å². The summed E-state index contributed by atoms with van der Waals surface area (Å²) in [5.41, 5.74) is 7.19. The zero-order valence-corrected chi connectivity index (χ0v) is 13.0. The smallest absolute Gasteiger partial charge is 0.0951 e. The standard InChI is InChI=1S/C14H29N5/c1-12(2)19-11-16-10-14(19)13(9-15)18(5)8-6-7-17(3)4/h10-13H,6-9,15H2,1-5H3. The Morgan fingerprint density at radius 1 is 1.26 bits per heavy atom. The first-order valence-corrected chi connectivity index (χ1v) is 7.04. The van der Waals surface area contributed by atoms with Crippen molar-refractivity contribution < 1.29 is 0 Å². The lowest BCUT2D eigenvalue weighted by molar-refractivity contribution is 0.225. The van der Waals surface area contributed by atoms with Crippen molar-refractivity contribution in [1.82, 2.24) is 19.4 Å². The molecule has 0 fully saturated rings. The van der Waals surface area contributed by atoms with Crippen molar-refractivity contribution in [2.24, 2.45) is 5.73 Å². The van der Waals surface area contributed by atoms with Gasteiger partial charge in [-0.25, -0.2) is 4.98 Å². The van der Waals surface area contributed by atoms with E-state index in [-0.39, 0.29) is 6.04 Å². The molecule has 1 atom stereocenters. The Morgan fingerprint density at radius 3 is 2.47 bits per heavy atom. The van der Waals surface area contributed by atoms with E-state index < -0.39 is 0 Å². The second kappa shape index (κ2) is 7.62. The molecule has 0 spiro atoms. The average molecular weight is 267 g/mol. The van der Waals surface area contributed by atoms with Crippen molar-refractivity contribution in [2.45, 2.75) is 32.4 Å². The van der Waals surface area contributed by atoms with Crippen LogP contribution in [0.15, 0.2) is 12.5 Å². The van der Waals surface area contributed by atoms with E-state index in [9.17, 15) is 0 Å². The maximum Gasteiger partial charge on any atom is 0.0951 e. The van der Waals surface area contributed by atoms with Gasteiger partial charge in [-0.2, -0.15) is 0 Å². The van der Waals surface area contributed by atoms with Crippen LogP contribution in [0.4, 0.5) is 0 Å². The van der Waals surface area contributed by atoms with E-state index in [2.05, 4.69) is 54.3 Å². The number of nitrogens with zero attached hydrogens (tertiary/aromatic N) is 4. The molecule has 0 aliphatic heterocycles. The average Bonchev–Trinajstić information content (AvgIpc) is 2.78. The van der Waals surface area contributed by atoms with E-state index in [0.717, 1.165) is 19.5 Å². The highest BCUT2D eigenvalue weighted by Crippen LogP contribution is 2.21. The molecule has 0 aliphatic rings. The maximum atomic E-state index is 5.97. The van der Waals surface area contributed by atoms with Gasteiger partial charge in [0.1, 0.15) is 0 Å². The summed E-state index contributed by atoms with van der Waals surface area (Å²) >= 11 is 0. The summed E-state index contributed by atoms with van der Waals surface area (Å²) in [5, 5.41) is 0. The van der Waals surface area contributed by atoms with Crippen molar-refractivity contribution in [3.05, 3.63) is 18.2 Å².